The Morgan fingerprint density at radius 2 is 2.27 bits per heavy atom. The maximum atomic E-state index is 10.4. The van der Waals surface area contributed by atoms with Gasteiger partial charge in [-0.1, -0.05) is 0 Å². The Morgan fingerprint density at radius 3 is 2.73 bits per heavy atom. The number of hydrogen-bond acceptors (Lipinski definition) is 4. The summed E-state index contributed by atoms with van der Waals surface area (Å²) in [4.78, 5) is 0.0374. The van der Waals surface area contributed by atoms with E-state index in [2.05, 4.69) is 10.6 Å². The highest BCUT2D eigenvalue weighted by Gasteiger charge is 2.01. The van der Waals surface area contributed by atoms with Gasteiger partial charge >= 0.3 is 0 Å². The third kappa shape index (κ3) is 4.38. The molecule has 0 radical (unpaired) electrons. The van der Waals surface area contributed by atoms with Crippen molar-refractivity contribution in [2.24, 2.45) is 5.28 Å². The Morgan fingerprint density at radius 1 is 1.64 bits per heavy atom. The van der Waals surface area contributed by atoms with E-state index in [4.69, 9.17) is 0 Å². The molecule has 0 unspecified atom stereocenters. The molecule has 6 heteroatoms. The van der Waals surface area contributed by atoms with Crippen LogP contribution in [0.2, 0.25) is 0 Å². The molecular weight excluding hydrogens is 148 g/mol. The molecule has 0 saturated carbocycles. The first-order chi connectivity index (χ1) is 5.22. The predicted molar refractivity (Wildman–Crippen MR) is 40.6 cm³/mol. The third-order valence-electron chi connectivity index (χ3n) is 1.27. The van der Waals surface area contributed by atoms with E-state index in [1.165, 1.54) is 12.1 Å². The van der Waals surface area contributed by atoms with Gasteiger partial charge in [0.25, 0.3) is 0 Å². The number of nitrogens with zero attached hydrogens (tertiary/aromatic N) is 3. The number of hydrazine groups is 1. The third-order valence-corrected chi connectivity index (χ3v) is 1.27. The van der Waals surface area contributed by atoms with E-state index in [1.807, 2.05) is 7.05 Å². The minimum atomic E-state index is 0.0374. The van der Waals surface area contributed by atoms with E-state index in [-0.39, 0.29) is 4.97 Å². The molecule has 6 nitrogen and oxygen atoms in total. The zero-order chi connectivity index (χ0) is 8.69. The second kappa shape index (κ2) is 5.72. The first-order valence-electron chi connectivity index (χ1n) is 3.38. The van der Waals surface area contributed by atoms with E-state index >= 15 is 0 Å². The lowest BCUT2D eigenvalue weighted by Crippen LogP contribution is -2.28. The van der Waals surface area contributed by atoms with Crippen molar-refractivity contribution in [1.29, 1.82) is 0 Å². The average Bonchev–Trinajstić information content (AvgIpc) is 2.03. The van der Waals surface area contributed by atoms with Gasteiger partial charge in [0.05, 0.1) is 13.6 Å². The van der Waals surface area contributed by atoms with Crippen molar-refractivity contribution in [2.75, 3.05) is 27.2 Å². The highest BCUT2D eigenvalue weighted by molar-refractivity contribution is 4.42. The van der Waals surface area contributed by atoms with Crippen molar-refractivity contribution in [3.8, 4) is 0 Å². The van der Waals surface area contributed by atoms with Crippen LogP contribution < -0.4 is 5.32 Å². The average molecular weight is 161 g/mol. The second-order valence-electron chi connectivity index (χ2n) is 2.17. The van der Waals surface area contributed by atoms with E-state index in [1.54, 1.807) is 0 Å². The maximum absolute atomic E-state index is 10.4. The molecule has 0 aliphatic rings. The summed E-state index contributed by atoms with van der Waals surface area (Å²) in [5.41, 5.74) is 0. The van der Waals surface area contributed by atoms with E-state index in [0.29, 0.717) is 6.54 Å². The lowest BCUT2D eigenvalue weighted by atomic mass is 10.4. The number of rotatable bonds is 5. The van der Waals surface area contributed by atoms with Gasteiger partial charge in [-0.2, -0.15) is 5.01 Å². The molecule has 0 aliphatic heterocycles. The van der Waals surface area contributed by atoms with Crippen molar-refractivity contribution >= 4 is 0 Å². The second-order valence-corrected chi connectivity index (χ2v) is 2.17. The van der Waals surface area contributed by atoms with Crippen LogP contribution in [0.3, 0.4) is 0 Å². The maximum Gasteiger partial charge on any atom is 0.0776 e. The van der Waals surface area contributed by atoms with E-state index in [9.17, 15) is 10.4 Å². The summed E-state index contributed by atoms with van der Waals surface area (Å²) in [6, 6.07) is 0. The summed E-state index contributed by atoms with van der Waals surface area (Å²) in [6.45, 7) is 1.34. The monoisotopic (exact) mass is 161 g/mol. The predicted octanol–water partition coefficient (Wildman–Crippen LogP) is -0.0970. The fourth-order valence-corrected chi connectivity index (χ4v) is 0.633. The number of nitrogens with one attached hydrogen (secondary N) is 1. The normalized spacial score (nSPS) is 11.6. The Hall–Kier alpha value is -1.04. The minimum absolute atomic E-state index is 0.0374. The molecule has 0 atom stereocenters. The Bertz CT molecular complexity index is 128. The fourth-order valence-electron chi connectivity index (χ4n) is 0.633. The summed E-state index contributed by atoms with van der Waals surface area (Å²) in [5, 5.41) is 26.5. The Kier molecular flexibility index (Phi) is 5.18. The van der Waals surface area contributed by atoms with Gasteiger partial charge in [0.2, 0.25) is 0 Å². The smallest absolute Gasteiger partial charge is 0.0776 e. The van der Waals surface area contributed by atoms with E-state index in [0.717, 1.165) is 13.0 Å². The molecule has 66 valence electrons. The van der Waals surface area contributed by atoms with Crippen molar-refractivity contribution < 1.29 is 4.97 Å². The van der Waals surface area contributed by atoms with Gasteiger partial charge in [0.1, 0.15) is 0 Å². The molecular formula is C5H13N4O2-. The van der Waals surface area contributed by atoms with Crippen LogP contribution in [0.4, 0.5) is 0 Å². The molecule has 0 aromatic rings. The Labute approximate surface area is 65.6 Å². The highest BCUT2D eigenvalue weighted by atomic mass is 16.6. The summed E-state index contributed by atoms with van der Waals surface area (Å²) in [5.74, 6) is 0. The van der Waals surface area contributed by atoms with Crippen LogP contribution in [-0.2, 0) is 0 Å². The van der Waals surface area contributed by atoms with Gasteiger partial charge < -0.3 is 15.7 Å². The van der Waals surface area contributed by atoms with Crippen molar-refractivity contribution in [3.05, 3.63) is 10.4 Å². The van der Waals surface area contributed by atoms with Crippen molar-refractivity contribution in [1.82, 2.24) is 10.3 Å². The van der Waals surface area contributed by atoms with Gasteiger partial charge in [-0.05, 0) is 25.3 Å². The van der Waals surface area contributed by atoms with Crippen molar-refractivity contribution in [3.63, 3.8) is 0 Å². The van der Waals surface area contributed by atoms with Gasteiger partial charge in [-0.3, -0.25) is 0 Å². The quantitative estimate of drug-likeness (QED) is 0.264. The summed E-state index contributed by atoms with van der Waals surface area (Å²) in [6.07, 6.45) is 0.807. The molecule has 0 spiro atoms. The molecule has 0 rings (SSSR count). The van der Waals surface area contributed by atoms with Crippen LogP contribution in [0, 0.1) is 10.4 Å². The summed E-state index contributed by atoms with van der Waals surface area (Å²) < 4.78 is 0. The first kappa shape index (κ1) is 9.96. The topological polar surface area (TPSA) is 76.8 Å². The number of hydrogen-bond donors (Lipinski definition) is 1. The zero-order valence-electron chi connectivity index (χ0n) is 6.78. The lowest BCUT2D eigenvalue weighted by Gasteiger charge is -2.13. The lowest BCUT2D eigenvalue weighted by molar-refractivity contribution is -0.684. The molecule has 0 saturated heterocycles. The standard InChI is InChI=1S/C5H14N4O2/c1-6-4-3-5-8(2)9(11)7-10/h6,10H,3-5H2,1-2H3/p-1/b9-7-. The molecule has 0 aliphatic carbocycles. The van der Waals surface area contributed by atoms with Gasteiger partial charge in [-0.25, -0.2) is 0 Å². The molecule has 0 aromatic heterocycles. The Balaban J connectivity index is 3.44. The minimum Gasteiger partial charge on any atom is -0.737 e. The van der Waals surface area contributed by atoms with Gasteiger partial charge in [0.15, 0.2) is 0 Å². The highest BCUT2D eigenvalue weighted by Crippen LogP contribution is 1.87. The van der Waals surface area contributed by atoms with Gasteiger partial charge in [0, 0.05) is 4.97 Å². The first-order valence-corrected chi connectivity index (χ1v) is 3.38. The fraction of sp³-hybridized carbons (Fsp3) is 1.00. The van der Waals surface area contributed by atoms with Crippen LogP contribution in [0.1, 0.15) is 6.42 Å². The SMILES string of the molecule is CNCCCN(C)/[N+]([O-])=N/[O-]. The summed E-state index contributed by atoms with van der Waals surface area (Å²) in [7, 11) is 3.34. The van der Waals surface area contributed by atoms with Crippen LogP contribution >= 0.6 is 0 Å². The molecule has 11 heavy (non-hydrogen) atoms. The van der Waals surface area contributed by atoms with Crippen LogP contribution in [0.15, 0.2) is 5.28 Å². The molecule has 1 N–H and O–H groups in total. The largest absolute Gasteiger partial charge is 0.737 e. The molecule has 0 amide bonds. The van der Waals surface area contributed by atoms with Crippen LogP contribution in [0.5, 0.6) is 0 Å². The molecule has 0 fully saturated rings. The van der Waals surface area contributed by atoms with Crippen LogP contribution in [0.25, 0.3) is 0 Å². The van der Waals surface area contributed by atoms with E-state index < -0.39 is 0 Å². The summed E-state index contributed by atoms with van der Waals surface area (Å²) >= 11 is 0. The molecule has 0 heterocycles. The molecule has 0 aromatic carbocycles. The zero-order valence-corrected chi connectivity index (χ0v) is 6.78. The van der Waals surface area contributed by atoms with Crippen molar-refractivity contribution in [2.45, 2.75) is 6.42 Å². The van der Waals surface area contributed by atoms with Crippen LogP contribution in [-0.4, -0.2) is 37.2 Å². The van der Waals surface area contributed by atoms with Gasteiger partial charge in [-0.15, -0.1) is 0 Å². The molecule has 0 bridgehead atoms.